The quantitative estimate of drug-likeness (QED) is 0.603. The van der Waals surface area contributed by atoms with Gasteiger partial charge in [0, 0.05) is 25.4 Å². The lowest BCUT2D eigenvalue weighted by atomic mass is 10.2. The summed E-state index contributed by atoms with van der Waals surface area (Å²) in [6.07, 6.45) is 4.64. The molecule has 0 N–H and O–H groups in total. The number of amides is 1. The molecule has 14 heavy (non-hydrogen) atoms. The molecule has 0 aromatic rings. The maximum atomic E-state index is 11.6. The van der Waals surface area contributed by atoms with Crippen molar-refractivity contribution in [2.75, 3.05) is 6.54 Å². The van der Waals surface area contributed by atoms with Crippen LogP contribution < -0.4 is 0 Å². The van der Waals surface area contributed by atoms with Crippen molar-refractivity contribution in [1.82, 2.24) is 4.90 Å². The molecule has 1 amide bonds. The molecule has 1 aliphatic carbocycles. The summed E-state index contributed by atoms with van der Waals surface area (Å²) < 4.78 is 0. The minimum absolute atomic E-state index is 0.0766. The predicted octanol–water partition coefficient (Wildman–Crippen LogP) is 1.53. The molecule has 0 unspecified atom stereocenters. The number of nitrogens with zero attached hydrogens (tertiary/aromatic N) is 1. The predicted molar refractivity (Wildman–Crippen MR) is 54.8 cm³/mol. The molecule has 1 rings (SSSR count). The van der Waals surface area contributed by atoms with Gasteiger partial charge in [0.1, 0.15) is 5.78 Å². The Morgan fingerprint density at radius 1 is 1.43 bits per heavy atom. The third-order valence-electron chi connectivity index (χ3n) is 2.32. The first-order chi connectivity index (χ1) is 6.65. The van der Waals surface area contributed by atoms with Gasteiger partial charge in [0.25, 0.3) is 0 Å². The van der Waals surface area contributed by atoms with Gasteiger partial charge in [-0.2, -0.15) is 0 Å². The van der Waals surface area contributed by atoms with Crippen LogP contribution in [0.15, 0.2) is 12.7 Å². The van der Waals surface area contributed by atoms with Gasteiger partial charge in [-0.1, -0.05) is 6.08 Å². The van der Waals surface area contributed by atoms with Crippen LogP contribution in [0.3, 0.4) is 0 Å². The monoisotopic (exact) mass is 195 g/mol. The fourth-order valence-corrected chi connectivity index (χ4v) is 1.41. The van der Waals surface area contributed by atoms with E-state index in [2.05, 4.69) is 6.58 Å². The Labute approximate surface area is 84.8 Å². The van der Waals surface area contributed by atoms with Gasteiger partial charge >= 0.3 is 0 Å². The minimum atomic E-state index is 0.0766. The standard InChI is InChI=1S/C11H17NO2/c1-3-8-12(10-5-6-10)11(14)7-4-9(2)13/h3,10H,1,4-8H2,2H3. The molecule has 0 bridgehead atoms. The van der Waals surface area contributed by atoms with Crippen LogP contribution in [0.4, 0.5) is 0 Å². The van der Waals surface area contributed by atoms with Gasteiger partial charge < -0.3 is 9.69 Å². The summed E-state index contributed by atoms with van der Waals surface area (Å²) in [5.74, 6) is 0.162. The average molecular weight is 195 g/mol. The molecule has 0 saturated heterocycles. The second-order valence-corrected chi connectivity index (χ2v) is 3.77. The van der Waals surface area contributed by atoms with Gasteiger partial charge in [-0.15, -0.1) is 6.58 Å². The molecule has 3 nitrogen and oxygen atoms in total. The number of hydrogen-bond acceptors (Lipinski definition) is 2. The van der Waals surface area contributed by atoms with Gasteiger partial charge in [-0.25, -0.2) is 0 Å². The van der Waals surface area contributed by atoms with Crippen molar-refractivity contribution >= 4 is 11.7 Å². The van der Waals surface area contributed by atoms with Crippen molar-refractivity contribution in [2.24, 2.45) is 0 Å². The Balaban J connectivity index is 2.37. The Kier molecular flexibility index (Phi) is 3.86. The molecule has 78 valence electrons. The number of hydrogen-bond donors (Lipinski definition) is 0. The van der Waals surface area contributed by atoms with Crippen LogP contribution in [0.25, 0.3) is 0 Å². The zero-order valence-electron chi connectivity index (χ0n) is 8.66. The summed E-state index contributed by atoms with van der Waals surface area (Å²) in [7, 11) is 0. The Morgan fingerprint density at radius 2 is 2.07 bits per heavy atom. The number of ketones is 1. The smallest absolute Gasteiger partial charge is 0.223 e. The van der Waals surface area contributed by atoms with Crippen molar-refractivity contribution in [3.63, 3.8) is 0 Å². The second-order valence-electron chi connectivity index (χ2n) is 3.77. The minimum Gasteiger partial charge on any atom is -0.336 e. The maximum Gasteiger partial charge on any atom is 0.223 e. The van der Waals surface area contributed by atoms with Gasteiger partial charge in [0.05, 0.1) is 0 Å². The highest BCUT2D eigenvalue weighted by molar-refractivity contribution is 5.84. The van der Waals surface area contributed by atoms with Crippen molar-refractivity contribution in [2.45, 2.75) is 38.6 Å². The van der Waals surface area contributed by atoms with E-state index in [4.69, 9.17) is 0 Å². The molecule has 0 spiro atoms. The van der Waals surface area contributed by atoms with Crippen LogP contribution in [-0.2, 0) is 9.59 Å². The van der Waals surface area contributed by atoms with Gasteiger partial charge in [-0.3, -0.25) is 4.79 Å². The van der Waals surface area contributed by atoms with Crippen LogP contribution in [0.5, 0.6) is 0 Å². The van der Waals surface area contributed by atoms with E-state index in [1.165, 1.54) is 6.92 Å². The van der Waals surface area contributed by atoms with E-state index >= 15 is 0 Å². The topological polar surface area (TPSA) is 37.4 Å². The van der Waals surface area contributed by atoms with E-state index in [0.29, 0.717) is 25.4 Å². The first kappa shape index (κ1) is 11.0. The summed E-state index contributed by atoms with van der Waals surface area (Å²) >= 11 is 0. The Hall–Kier alpha value is -1.12. The highest BCUT2D eigenvalue weighted by Gasteiger charge is 2.31. The summed E-state index contributed by atoms with van der Waals surface area (Å²) in [5, 5.41) is 0. The van der Waals surface area contributed by atoms with E-state index in [1.807, 2.05) is 4.90 Å². The van der Waals surface area contributed by atoms with Gasteiger partial charge in [0.2, 0.25) is 5.91 Å². The van der Waals surface area contributed by atoms with E-state index in [0.717, 1.165) is 12.8 Å². The van der Waals surface area contributed by atoms with Crippen molar-refractivity contribution in [1.29, 1.82) is 0 Å². The summed E-state index contributed by atoms with van der Waals surface area (Å²) in [6.45, 7) is 5.76. The van der Waals surface area contributed by atoms with E-state index in [-0.39, 0.29) is 11.7 Å². The molecule has 1 fully saturated rings. The first-order valence-electron chi connectivity index (χ1n) is 5.05. The lowest BCUT2D eigenvalue weighted by Gasteiger charge is -2.20. The van der Waals surface area contributed by atoms with E-state index in [1.54, 1.807) is 6.08 Å². The third-order valence-corrected chi connectivity index (χ3v) is 2.32. The van der Waals surface area contributed by atoms with Gasteiger partial charge in [0.15, 0.2) is 0 Å². The SMILES string of the molecule is C=CCN(C(=O)CCC(C)=O)C1CC1. The Morgan fingerprint density at radius 3 is 2.50 bits per heavy atom. The maximum absolute atomic E-state index is 11.6. The number of carbonyl (C=O) groups excluding carboxylic acids is 2. The fraction of sp³-hybridized carbons (Fsp3) is 0.636. The molecule has 1 aliphatic rings. The third kappa shape index (κ3) is 3.32. The van der Waals surface area contributed by atoms with E-state index in [9.17, 15) is 9.59 Å². The molecule has 0 aliphatic heterocycles. The summed E-state index contributed by atoms with van der Waals surface area (Å²) in [6, 6.07) is 0.410. The van der Waals surface area contributed by atoms with Crippen molar-refractivity contribution in [3.05, 3.63) is 12.7 Å². The molecule has 0 aromatic heterocycles. The number of carbonyl (C=O) groups is 2. The lowest BCUT2D eigenvalue weighted by molar-refractivity contribution is -0.133. The highest BCUT2D eigenvalue weighted by atomic mass is 16.2. The van der Waals surface area contributed by atoms with Crippen LogP contribution in [-0.4, -0.2) is 29.2 Å². The summed E-state index contributed by atoms with van der Waals surface area (Å²) in [5.41, 5.74) is 0. The van der Waals surface area contributed by atoms with Crippen LogP contribution in [0, 0.1) is 0 Å². The molecular weight excluding hydrogens is 178 g/mol. The van der Waals surface area contributed by atoms with Crippen LogP contribution in [0.1, 0.15) is 32.6 Å². The normalized spacial score (nSPS) is 14.9. The van der Waals surface area contributed by atoms with E-state index < -0.39 is 0 Å². The number of Topliss-reactive ketones (excluding diaryl/α,β-unsaturated/α-hetero) is 1. The molecular formula is C11H17NO2. The molecule has 0 radical (unpaired) electrons. The van der Waals surface area contributed by atoms with Crippen LogP contribution in [0.2, 0.25) is 0 Å². The highest BCUT2D eigenvalue weighted by Crippen LogP contribution is 2.27. The average Bonchev–Trinajstić information content (AvgIpc) is 2.93. The van der Waals surface area contributed by atoms with Crippen molar-refractivity contribution in [3.8, 4) is 0 Å². The molecule has 0 atom stereocenters. The first-order valence-corrected chi connectivity index (χ1v) is 5.05. The van der Waals surface area contributed by atoms with Crippen molar-refractivity contribution < 1.29 is 9.59 Å². The molecule has 0 heterocycles. The lowest BCUT2D eigenvalue weighted by Crippen LogP contribution is -2.33. The fourth-order valence-electron chi connectivity index (χ4n) is 1.41. The molecule has 0 aromatic carbocycles. The zero-order chi connectivity index (χ0) is 10.6. The van der Waals surface area contributed by atoms with Gasteiger partial charge in [-0.05, 0) is 19.8 Å². The largest absolute Gasteiger partial charge is 0.336 e. The summed E-state index contributed by atoms with van der Waals surface area (Å²) in [4.78, 5) is 24.2. The Bertz CT molecular complexity index is 244. The van der Waals surface area contributed by atoms with Crippen LogP contribution >= 0.6 is 0 Å². The second kappa shape index (κ2) is 4.94. The molecule has 1 saturated carbocycles. The zero-order valence-corrected chi connectivity index (χ0v) is 8.66. The molecule has 3 heteroatoms. The number of rotatable bonds is 6.